The first-order chi connectivity index (χ1) is 9.43. The van der Waals surface area contributed by atoms with Gasteiger partial charge in [-0.25, -0.2) is 4.79 Å². The highest BCUT2D eigenvalue weighted by atomic mass is 16.4. The van der Waals surface area contributed by atoms with Crippen LogP contribution in [0.15, 0.2) is 53.6 Å². The molecule has 0 amide bonds. The van der Waals surface area contributed by atoms with Crippen molar-refractivity contribution in [1.82, 2.24) is 0 Å². The first-order valence-electron chi connectivity index (χ1n) is 6.34. The lowest BCUT2D eigenvalue weighted by atomic mass is 9.72. The molecule has 104 valence electrons. The fourth-order valence-electron chi connectivity index (χ4n) is 2.62. The molecule has 4 heteroatoms. The van der Waals surface area contributed by atoms with Crippen LogP contribution in [0.5, 0.6) is 0 Å². The van der Waals surface area contributed by atoms with Gasteiger partial charge < -0.3 is 10.2 Å². The maximum Gasteiger partial charge on any atom is 0.331 e. The van der Waals surface area contributed by atoms with Crippen LogP contribution in [-0.2, 0) is 16.0 Å². The quantitative estimate of drug-likeness (QED) is 0.883. The van der Waals surface area contributed by atoms with E-state index in [0.29, 0.717) is 5.57 Å². The van der Waals surface area contributed by atoms with Crippen LogP contribution in [0.2, 0.25) is 0 Å². The third-order valence-corrected chi connectivity index (χ3v) is 3.47. The fourth-order valence-corrected chi connectivity index (χ4v) is 2.62. The second-order valence-electron chi connectivity index (χ2n) is 5.16. The summed E-state index contributed by atoms with van der Waals surface area (Å²) in [5.41, 5.74) is 0.509. The molecule has 1 unspecified atom stereocenters. The summed E-state index contributed by atoms with van der Waals surface area (Å²) in [7, 11) is 0. The Bertz CT molecular complexity index is 598. The Labute approximate surface area is 117 Å². The number of benzene rings is 1. The molecule has 0 aliphatic heterocycles. The van der Waals surface area contributed by atoms with Crippen LogP contribution < -0.4 is 0 Å². The summed E-state index contributed by atoms with van der Waals surface area (Å²) < 4.78 is 0. The topological polar surface area (TPSA) is 74.6 Å². The Kier molecular flexibility index (Phi) is 3.74. The van der Waals surface area contributed by atoms with E-state index in [1.54, 1.807) is 13.0 Å². The van der Waals surface area contributed by atoms with E-state index in [4.69, 9.17) is 5.11 Å². The first-order valence-corrected chi connectivity index (χ1v) is 6.34. The molecular formula is C16H16O4. The van der Waals surface area contributed by atoms with E-state index >= 15 is 0 Å². The first kappa shape index (κ1) is 14.1. The van der Waals surface area contributed by atoms with Gasteiger partial charge in [0.05, 0.1) is 5.41 Å². The smallest absolute Gasteiger partial charge is 0.331 e. The van der Waals surface area contributed by atoms with Gasteiger partial charge in [-0.1, -0.05) is 42.0 Å². The van der Waals surface area contributed by atoms with Gasteiger partial charge in [0.15, 0.2) is 0 Å². The molecule has 2 N–H and O–H groups in total. The molecule has 0 bridgehead atoms. The van der Waals surface area contributed by atoms with Crippen LogP contribution in [0.3, 0.4) is 0 Å². The number of allylic oxidation sites excluding steroid dienone is 2. The summed E-state index contributed by atoms with van der Waals surface area (Å²) in [6.07, 6.45) is 3.48. The zero-order valence-corrected chi connectivity index (χ0v) is 11.2. The molecule has 1 aliphatic rings. The lowest BCUT2D eigenvalue weighted by Gasteiger charge is -2.30. The van der Waals surface area contributed by atoms with Crippen LogP contribution in [0, 0.1) is 5.41 Å². The SMILES string of the molecule is CC1=CC(Cc2ccccc2)(C(=O)O)CC(C(=O)O)=C1. The molecule has 0 fully saturated rings. The largest absolute Gasteiger partial charge is 0.481 e. The van der Waals surface area contributed by atoms with E-state index in [-0.39, 0.29) is 18.4 Å². The predicted molar refractivity (Wildman–Crippen MR) is 74.3 cm³/mol. The highest BCUT2D eigenvalue weighted by Crippen LogP contribution is 2.37. The Morgan fingerprint density at radius 2 is 1.85 bits per heavy atom. The highest BCUT2D eigenvalue weighted by Gasteiger charge is 2.40. The molecule has 4 nitrogen and oxygen atoms in total. The standard InChI is InChI=1S/C16H16O4/c1-11-7-13(14(17)18)10-16(8-11,15(19)20)9-12-5-3-2-4-6-12/h2-8H,9-10H2,1H3,(H,17,18)(H,19,20). The Hall–Kier alpha value is -2.36. The molecular weight excluding hydrogens is 256 g/mol. The predicted octanol–water partition coefficient (Wildman–Crippen LogP) is 2.66. The van der Waals surface area contributed by atoms with Crippen molar-refractivity contribution < 1.29 is 19.8 Å². The Morgan fingerprint density at radius 3 is 2.40 bits per heavy atom. The van der Waals surface area contributed by atoms with Crippen LogP contribution in [-0.4, -0.2) is 22.2 Å². The van der Waals surface area contributed by atoms with Gasteiger partial charge in [0.25, 0.3) is 0 Å². The maximum atomic E-state index is 11.7. The zero-order chi connectivity index (χ0) is 14.8. The molecule has 0 saturated carbocycles. The number of hydrogen-bond donors (Lipinski definition) is 2. The molecule has 0 spiro atoms. The van der Waals surface area contributed by atoms with Crippen LogP contribution >= 0.6 is 0 Å². The van der Waals surface area contributed by atoms with E-state index in [0.717, 1.165) is 5.56 Å². The number of carboxylic acid groups (broad SMARTS) is 2. The molecule has 0 heterocycles. The second-order valence-corrected chi connectivity index (χ2v) is 5.16. The Morgan fingerprint density at radius 1 is 1.20 bits per heavy atom. The second kappa shape index (κ2) is 5.33. The number of rotatable bonds is 4. The maximum absolute atomic E-state index is 11.7. The normalized spacial score (nSPS) is 21.9. The van der Waals surface area contributed by atoms with Crippen molar-refractivity contribution in [3.63, 3.8) is 0 Å². The fraction of sp³-hybridized carbons (Fsp3) is 0.250. The third-order valence-electron chi connectivity index (χ3n) is 3.47. The van der Waals surface area contributed by atoms with Gasteiger partial charge in [0, 0.05) is 5.57 Å². The number of carbonyl (C=O) groups is 2. The summed E-state index contributed by atoms with van der Waals surface area (Å²) >= 11 is 0. The summed E-state index contributed by atoms with van der Waals surface area (Å²) in [5, 5.41) is 18.8. The lowest BCUT2D eigenvalue weighted by molar-refractivity contribution is -0.146. The summed E-state index contributed by atoms with van der Waals surface area (Å²) in [6, 6.07) is 9.26. The van der Waals surface area contributed by atoms with Crippen molar-refractivity contribution in [3.8, 4) is 0 Å². The lowest BCUT2D eigenvalue weighted by Crippen LogP contribution is -2.35. The molecule has 0 radical (unpaired) electrons. The molecule has 20 heavy (non-hydrogen) atoms. The summed E-state index contributed by atoms with van der Waals surface area (Å²) in [6.45, 7) is 1.73. The van der Waals surface area contributed by atoms with Gasteiger partial charge in [0.2, 0.25) is 0 Å². The van der Waals surface area contributed by atoms with Gasteiger partial charge in [-0.15, -0.1) is 0 Å². The van der Waals surface area contributed by atoms with Gasteiger partial charge in [-0.3, -0.25) is 4.79 Å². The molecule has 2 rings (SSSR count). The minimum absolute atomic E-state index is 0.00387. The van der Waals surface area contributed by atoms with E-state index in [9.17, 15) is 14.7 Å². The van der Waals surface area contributed by atoms with Crippen LogP contribution in [0.1, 0.15) is 18.9 Å². The van der Waals surface area contributed by atoms with Gasteiger partial charge in [-0.05, 0) is 31.4 Å². The summed E-state index contributed by atoms with van der Waals surface area (Å²) in [4.78, 5) is 22.9. The molecule has 1 aliphatic carbocycles. The van der Waals surface area contributed by atoms with E-state index < -0.39 is 17.4 Å². The van der Waals surface area contributed by atoms with E-state index in [1.807, 2.05) is 30.3 Å². The van der Waals surface area contributed by atoms with Gasteiger partial charge in [-0.2, -0.15) is 0 Å². The van der Waals surface area contributed by atoms with Gasteiger partial charge in [0.1, 0.15) is 0 Å². The molecule has 0 saturated heterocycles. The van der Waals surface area contributed by atoms with Crippen LogP contribution in [0.25, 0.3) is 0 Å². The number of aliphatic carboxylic acids is 2. The third kappa shape index (κ3) is 2.79. The average Bonchev–Trinajstić information content (AvgIpc) is 2.39. The van der Waals surface area contributed by atoms with Crippen molar-refractivity contribution in [3.05, 3.63) is 59.2 Å². The van der Waals surface area contributed by atoms with E-state index in [1.165, 1.54) is 6.08 Å². The van der Waals surface area contributed by atoms with Crippen molar-refractivity contribution in [1.29, 1.82) is 0 Å². The van der Waals surface area contributed by atoms with Crippen molar-refractivity contribution in [2.24, 2.45) is 5.41 Å². The van der Waals surface area contributed by atoms with Gasteiger partial charge >= 0.3 is 11.9 Å². The highest BCUT2D eigenvalue weighted by molar-refractivity contribution is 5.90. The zero-order valence-electron chi connectivity index (χ0n) is 11.2. The number of carboxylic acids is 2. The Balaban J connectivity index is 2.40. The van der Waals surface area contributed by atoms with Crippen molar-refractivity contribution in [2.75, 3.05) is 0 Å². The molecule has 0 aromatic heterocycles. The molecule has 1 aromatic rings. The molecule has 1 atom stereocenters. The summed E-state index contributed by atoms with van der Waals surface area (Å²) in [5.74, 6) is -2.05. The number of hydrogen-bond acceptors (Lipinski definition) is 2. The average molecular weight is 272 g/mol. The minimum Gasteiger partial charge on any atom is -0.481 e. The molecule has 1 aromatic carbocycles. The monoisotopic (exact) mass is 272 g/mol. The van der Waals surface area contributed by atoms with Crippen molar-refractivity contribution >= 4 is 11.9 Å². The van der Waals surface area contributed by atoms with E-state index in [2.05, 4.69) is 0 Å². The minimum atomic E-state index is -1.19. The van der Waals surface area contributed by atoms with Crippen LogP contribution in [0.4, 0.5) is 0 Å². The van der Waals surface area contributed by atoms with Crippen molar-refractivity contribution in [2.45, 2.75) is 19.8 Å².